The van der Waals surface area contributed by atoms with Gasteiger partial charge in [-0.1, -0.05) is 0 Å². The van der Waals surface area contributed by atoms with Crippen LogP contribution in [0.5, 0.6) is 0 Å². The standard InChI is InChI=1S/C16H23F3N6S.HI/c1-3-20-15(21-6-4-8-25-10-12(2)9-23-25)22-7-5-14-24-13(11-26-14)16(17,18)19;/h9-11H,3-8H2,1-2H3,(H2,20,21,22);1H. The molecule has 2 heterocycles. The fourth-order valence-corrected chi connectivity index (χ4v) is 3.00. The molecule has 0 fully saturated rings. The zero-order valence-electron chi connectivity index (χ0n) is 15.2. The predicted octanol–water partition coefficient (Wildman–Crippen LogP) is 3.47. The molecule has 2 rings (SSSR count). The zero-order valence-corrected chi connectivity index (χ0v) is 18.4. The Balaban J connectivity index is 0.00000364. The average Bonchev–Trinajstić information content (AvgIpc) is 3.20. The molecule has 6 nitrogen and oxygen atoms in total. The van der Waals surface area contributed by atoms with Crippen LogP contribution in [0.1, 0.15) is 29.6 Å². The Bertz CT molecular complexity index is 713. The van der Waals surface area contributed by atoms with Crippen molar-refractivity contribution in [3.63, 3.8) is 0 Å². The molecule has 0 radical (unpaired) electrons. The predicted molar refractivity (Wildman–Crippen MR) is 112 cm³/mol. The van der Waals surface area contributed by atoms with Gasteiger partial charge in [-0.3, -0.25) is 9.67 Å². The lowest BCUT2D eigenvalue weighted by atomic mass is 10.4. The molecule has 0 spiro atoms. The molecular formula is C16H24F3IN6S. The second kappa shape index (κ2) is 11.5. The first-order valence-corrected chi connectivity index (χ1v) is 9.29. The van der Waals surface area contributed by atoms with Gasteiger partial charge in [0.25, 0.3) is 0 Å². The number of guanidine groups is 1. The van der Waals surface area contributed by atoms with Gasteiger partial charge in [0.2, 0.25) is 0 Å². The smallest absolute Gasteiger partial charge is 0.357 e. The van der Waals surface area contributed by atoms with Crippen LogP contribution in [0.4, 0.5) is 13.2 Å². The van der Waals surface area contributed by atoms with Crippen molar-refractivity contribution in [2.75, 3.05) is 19.6 Å². The lowest BCUT2D eigenvalue weighted by Gasteiger charge is -2.10. The van der Waals surface area contributed by atoms with Crippen molar-refractivity contribution in [2.45, 2.75) is 39.4 Å². The number of hydrogen-bond donors (Lipinski definition) is 2. The fraction of sp³-hybridized carbons (Fsp3) is 0.562. The van der Waals surface area contributed by atoms with Crippen LogP contribution in [0, 0.1) is 6.92 Å². The zero-order chi connectivity index (χ0) is 19.0. The van der Waals surface area contributed by atoms with Gasteiger partial charge in [0, 0.05) is 44.2 Å². The molecule has 2 N–H and O–H groups in total. The molecule has 0 aliphatic rings. The quantitative estimate of drug-likeness (QED) is 0.244. The molecule has 0 bridgehead atoms. The van der Waals surface area contributed by atoms with E-state index in [0.717, 1.165) is 35.2 Å². The molecule has 0 aliphatic heterocycles. The maximum atomic E-state index is 12.5. The molecule has 11 heteroatoms. The van der Waals surface area contributed by atoms with Crippen molar-refractivity contribution in [3.8, 4) is 0 Å². The van der Waals surface area contributed by atoms with Gasteiger partial charge in [0.1, 0.15) is 0 Å². The van der Waals surface area contributed by atoms with Gasteiger partial charge in [-0.15, -0.1) is 35.3 Å². The minimum Gasteiger partial charge on any atom is -0.357 e. The lowest BCUT2D eigenvalue weighted by molar-refractivity contribution is -0.140. The molecule has 0 aliphatic carbocycles. The minimum absolute atomic E-state index is 0. The highest BCUT2D eigenvalue weighted by Crippen LogP contribution is 2.29. The Morgan fingerprint density at radius 2 is 2.11 bits per heavy atom. The molecule has 2 aromatic heterocycles. The van der Waals surface area contributed by atoms with E-state index in [1.54, 1.807) is 0 Å². The summed E-state index contributed by atoms with van der Waals surface area (Å²) < 4.78 is 39.5. The summed E-state index contributed by atoms with van der Waals surface area (Å²) in [6.45, 7) is 6.55. The summed E-state index contributed by atoms with van der Waals surface area (Å²) in [5.41, 5.74) is 0.298. The van der Waals surface area contributed by atoms with E-state index in [4.69, 9.17) is 0 Å². The number of rotatable bonds is 8. The van der Waals surface area contributed by atoms with Crippen LogP contribution in [-0.4, -0.2) is 40.4 Å². The van der Waals surface area contributed by atoms with Crippen LogP contribution in [0.15, 0.2) is 22.8 Å². The van der Waals surface area contributed by atoms with Gasteiger partial charge in [0.15, 0.2) is 11.7 Å². The third kappa shape index (κ3) is 8.45. The topological polar surface area (TPSA) is 67.1 Å². The van der Waals surface area contributed by atoms with Crippen LogP contribution in [-0.2, 0) is 19.1 Å². The Kier molecular flexibility index (Phi) is 10.1. The van der Waals surface area contributed by atoms with Gasteiger partial charge in [-0.05, 0) is 25.8 Å². The monoisotopic (exact) mass is 516 g/mol. The summed E-state index contributed by atoms with van der Waals surface area (Å²) in [5, 5.41) is 12.0. The molecule has 152 valence electrons. The number of nitrogens with zero attached hydrogens (tertiary/aromatic N) is 4. The normalized spacial score (nSPS) is 12.0. The van der Waals surface area contributed by atoms with Crippen LogP contribution >= 0.6 is 35.3 Å². The molecule has 2 aromatic rings. The third-order valence-corrected chi connectivity index (χ3v) is 4.30. The summed E-state index contributed by atoms with van der Waals surface area (Å²) in [6.07, 6.45) is 0.677. The SMILES string of the molecule is CCNC(=NCCCn1cc(C)cn1)NCCc1nc(C(F)(F)F)cs1.I. The molecule has 0 aromatic carbocycles. The van der Waals surface area contributed by atoms with Crippen LogP contribution in [0.25, 0.3) is 0 Å². The second-order valence-corrected chi connectivity index (χ2v) is 6.64. The van der Waals surface area contributed by atoms with Gasteiger partial charge in [-0.2, -0.15) is 18.3 Å². The summed E-state index contributed by atoms with van der Waals surface area (Å²) in [4.78, 5) is 8.09. The molecule has 0 unspecified atom stereocenters. The minimum atomic E-state index is -4.38. The van der Waals surface area contributed by atoms with Gasteiger partial charge in [0.05, 0.1) is 11.2 Å². The first kappa shape index (κ1) is 23.7. The van der Waals surface area contributed by atoms with Crippen molar-refractivity contribution in [3.05, 3.63) is 34.0 Å². The number of aliphatic imine (C=N–C) groups is 1. The van der Waals surface area contributed by atoms with Gasteiger partial charge < -0.3 is 10.6 Å². The van der Waals surface area contributed by atoms with E-state index in [-0.39, 0.29) is 24.0 Å². The van der Waals surface area contributed by atoms with E-state index in [1.807, 2.05) is 30.9 Å². The Hall–Kier alpha value is -1.37. The summed E-state index contributed by atoms with van der Waals surface area (Å²) in [5.74, 6) is 0.650. The van der Waals surface area contributed by atoms with Crippen LogP contribution < -0.4 is 10.6 Å². The summed E-state index contributed by atoms with van der Waals surface area (Å²) >= 11 is 1.02. The van der Waals surface area contributed by atoms with E-state index < -0.39 is 11.9 Å². The third-order valence-electron chi connectivity index (χ3n) is 3.40. The van der Waals surface area contributed by atoms with Crippen molar-refractivity contribution in [1.82, 2.24) is 25.4 Å². The molecule has 0 amide bonds. The number of hydrogen-bond acceptors (Lipinski definition) is 4. The highest BCUT2D eigenvalue weighted by molar-refractivity contribution is 14.0. The van der Waals surface area contributed by atoms with Crippen LogP contribution in [0.2, 0.25) is 0 Å². The number of thiazole rings is 1. The Labute approximate surface area is 177 Å². The van der Waals surface area contributed by atoms with E-state index in [2.05, 4.69) is 25.7 Å². The lowest BCUT2D eigenvalue weighted by Crippen LogP contribution is -2.38. The van der Waals surface area contributed by atoms with Crippen molar-refractivity contribution in [2.24, 2.45) is 4.99 Å². The average molecular weight is 516 g/mol. The maximum Gasteiger partial charge on any atom is 0.434 e. The van der Waals surface area contributed by atoms with Gasteiger partial charge >= 0.3 is 6.18 Å². The second-order valence-electron chi connectivity index (χ2n) is 5.70. The number of nitrogens with one attached hydrogen (secondary N) is 2. The van der Waals surface area contributed by atoms with E-state index in [0.29, 0.717) is 37.0 Å². The summed E-state index contributed by atoms with van der Waals surface area (Å²) in [7, 11) is 0. The highest BCUT2D eigenvalue weighted by Gasteiger charge is 2.33. The maximum absolute atomic E-state index is 12.5. The van der Waals surface area contributed by atoms with Crippen molar-refractivity contribution in [1.29, 1.82) is 0 Å². The Morgan fingerprint density at radius 3 is 2.70 bits per heavy atom. The molecule has 0 atom stereocenters. The number of aromatic nitrogens is 3. The molecule has 27 heavy (non-hydrogen) atoms. The van der Waals surface area contributed by atoms with Crippen molar-refractivity contribution >= 4 is 41.3 Å². The Morgan fingerprint density at radius 1 is 1.33 bits per heavy atom. The number of alkyl halides is 3. The first-order chi connectivity index (χ1) is 12.4. The first-order valence-electron chi connectivity index (χ1n) is 8.41. The van der Waals surface area contributed by atoms with E-state index >= 15 is 0 Å². The van der Waals surface area contributed by atoms with Crippen molar-refractivity contribution < 1.29 is 13.2 Å². The molecule has 0 saturated heterocycles. The van der Waals surface area contributed by atoms with Gasteiger partial charge in [-0.25, -0.2) is 4.98 Å². The number of halogens is 4. The van der Waals surface area contributed by atoms with E-state index in [1.165, 1.54) is 0 Å². The highest BCUT2D eigenvalue weighted by atomic mass is 127. The fourth-order valence-electron chi connectivity index (χ4n) is 2.20. The number of aryl methyl sites for hydroxylation is 2. The van der Waals surface area contributed by atoms with E-state index in [9.17, 15) is 13.2 Å². The summed E-state index contributed by atoms with van der Waals surface area (Å²) in [6, 6.07) is 0. The largest absolute Gasteiger partial charge is 0.434 e. The molecule has 0 saturated carbocycles. The molecular weight excluding hydrogens is 492 g/mol. The van der Waals surface area contributed by atoms with Crippen LogP contribution in [0.3, 0.4) is 0 Å².